The van der Waals surface area contributed by atoms with Crippen molar-refractivity contribution in [1.82, 2.24) is 9.80 Å². The van der Waals surface area contributed by atoms with E-state index in [9.17, 15) is 19.2 Å². The first-order valence-electron chi connectivity index (χ1n) is 11.1. The predicted octanol–water partition coefficient (Wildman–Crippen LogP) is 4.82. The van der Waals surface area contributed by atoms with Crippen LogP contribution in [0.15, 0.2) is 90.7 Å². The molecule has 0 radical (unpaired) electrons. The fraction of sp³-hybridized carbons (Fsp3) is 0.179. The van der Waals surface area contributed by atoms with Gasteiger partial charge in [-0.25, -0.2) is 0 Å². The second-order valence-corrected chi connectivity index (χ2v) is 7.39. The highest BCUT2D eigenvalue weighted by Crippen LogP contribution is 2.22. The van der Waals surface area contributed by atoms with E-state index < -0.39 is 0 Å². The van der Waals surface area contributed by atoms with Crippen LogP contribution in [0.5, 0.6) is 0 Å². The molecule has 0 bridgehead atoms. The highest BCUT2D eigenvalue weighted by molar-refractivity contribution is 6.22. The number of rotatable bonds is 2. The average Bonchev–Trinajstić information content (AvgIpc) is 3.23. The van der Waals surface area contributed by atoms with Crippen molar-refractivity contribution in [2.75, 3.05) is 13.1 Å². The van der Waals surface area contributed by atoms with Crippen LogP contribution in [0, 0.1) is 0 Å². The summed E-state index contributed by atoms with van der Waals surface area (Å²) < 4.78 is 0. The number of nitrogens with zero attached hydrogens (tertiary/aromatic N) is 2. The standard InChI is InChI=1S/2C10H9NO2.C8H8/c2*1-2-11-9(12)7-5-3-4-6-8(7)10(11)13;1-2-4-6-8-7-5-3-1/h2*3-6H,2H2,1H3;1-3,6-8H,4H2/b;;2-1-,8-6-. The summed E-state index contributed by atoms with van der Waals surface area (Å²) in [6.07, 6.45) is 13.0. The molecule has 0 atom stereocenters. The Hall–Kier alpha value is -4.28. The van der Waals surface area contributed by atoms with Gasteiger partial charge in [0.15, 0.2) is 0 Å². The molecular weight excluding hydrogens is 428 g/mol. The number of fused-ring (bicyclic) bond motifs is 2. The van der Waals surface area contributed by atoms with Crippen LogP contribution >= 0.6 is 0 Å². The average molecular weight is 455 g/mol. The van der Waals surface area contributed by atoms with Gasteiger partial charge in [-0.2, -0.15) is 0 Å². The molecule has 4 amide bonds. The number of imide groups is 2. The molecule has 6 nitrogen and oxygen atoms in total. The molecule has 0 saturated heterocycles. The molecule has 2 aromatic rings. The summed E-state index contributed by atoms with van der Waals surface area (Å²) in [5.41, 5.74) is 5.05. The molecule has 2 aliphatic heterocycles. The third-order valence-electron chi connectivity index (χ3n) is 5.32. The first-order chi connectivity index (χ1) is 16.5. The van der Waals surface area contributed by atoms with Gasteiger partial charge in [-0.05, 0) is 56.7 Å². The van der Waals surface area contributed by atoms with Gasteiger partial charge in [0.25, 0.3) is 23.6 Å². The second-order valence-electron chi connectivity index (χ2n) is 7.39. The largest absolute Gasteiger partial charge is 0.275 e. The summed E-state index contributed by atoms with van der Waals surface area (Å²) in [5, 5.41) is 0. The van der Waals surface area contributed by atoms with Gasteiger partial charge in [0, 0.05) is 13.1 Å². The minimum atomic E-state index is -0.178. The van der Waals surface area contributed by atoms with Crippen LogP contribution < -0.4 is 0 Å². The van der Waals surface area contributed by atoms with Crippen molar-refractivity contribution in [3.8, 4) is 0 Å². The molecule has 2 heterocycles. The SMILES string of the molecule is C1=C/C=C\C/C=C\C=1.CCN1C(=O)c2ccccc2C1=O.CCN1C(=O)c2ccccc2C1=O. The van der Waals surface area contributed by atoms with Gasteiger partial charge < -0.3 is 0 Å². The Balaban J connectivity index is 0.000000148. The second kappa shape index (κ2) is 11.5. The van der Waals surface area contributed by atoms with E-state index in [1.54, 1.807) is 62.4 Å². The molecule has 2 aromatic carbocycles. The summed E-state index contributed by atoms with van der Waals surface area (Å²) in [6, 6.07) is 13.8. The van der Waals surface area contributed by atoms with Gasteiger partial charge in [-0.1, -0.05) is 48.6 Å². The maximum absolute atomic E-state index is 11.5. The monoisotopic (exact) mass is 454 g/mol. The van der Waals surface area contributed by atoms with E-state index in [4.69, 9.17) is 0 Å². The van der Waals surface area contributed by atoms with E-state index in [0.717, 1.165) is 6.42 Å². The van der Waals surface area contributed by atoms with Crippen molar-refractivity contribution >= 4 is 23.6 Å². The fourth-order valence-electron chi connectivity index (χ4n) is 3.59. The number of hydrogen-bond acceptors (Lipinski definition) is 4. The van der Waals surface area contributed by atoms with E-state index in [1.165, 1.54) is 9.80 Å². The molecule has 0 fully saturated rings. The van der Waals surface area contributed by atoms with Crippen LogP contribution in [0.4, 0.5) is 0 Å². The van der Waals surface area contributed by atoms with E-state index in [2.05, 4.69) is 17.9 Å². The lowest BCUT2D eigenvalue weighted by Crippen LogP contribution is -2.29. The van der Waals surface area contributed by atoms with Gasteiger partial charge >= 0.3 is 0 Å². The molecule has 0 unspecified atom stereocenters. The Labute approximate surface area is 199 Å². The lowest BCUT2D eigenvalue weighted by atomic mass is 10.1. The highest BCUT2D eigenvalue weighted by atomic mass is 16.2. The quantitative estimate of drug-likeness (QED) is 0.482. The predicted molar refractivity (Wildman–Crippen MR) is 131 cm³/mol. The number of carbonyl (C=O) groups is 4. The third kappa shape index (κ3) is 5.20. The summed E-state index contributed by atoms with van der Waals surface area (Å²) in [6.45, 7) is 4.46. The zero-order chi connectivity index (χ0) is 24.5. The molecule has 3 aliphatic rings. The Morgan fingerprint density at radius 3 is 1.24 bits per heavy atom. The Morgan fingerprint density at radius 2 is 0.941 bits per heavy atom. The maximum Gasteiger partial charge on any atom is 0.261 e. The molecule has 0 N–H and O–H groups in total. The first kappa shape index (κ1) is 24.4. The molecule has 6 heteroatoms. The van der Waals surface area contributed by atoms with Crippen LogP contribution in [0.1, 0.15) is 61.7 Å². The Bertz CT molecular complexity index is 1070. The van der Waals surface area contributed by atoms with E-state index >= 15 is 0 Å². The van der Waals surface area contributed by atoms with Crippen molar-refractivity contribution in [2.24, 2.45) is 0 Å². The van der Waals surface area contributed by atoms with Gasteiger partial charge in [-0.15, -0.1) is 5.73 Å². The molecule has 1 aliphatic carbocycles. The molecular formula is C28H26N2O4. The molecule has 0 saturated carbocycles. The minimum absolute atomic E-state index is 0.178. The van der Waals surface area contributed by atoms with Crippen molar-refractivity contribution in [3.05, 3.63) is 113 Å². The number of allylic oxidation sites excluding steroid dienone is 5. The number of hydrogen-bond donors (Lipinski definition) is 0. The van der Waals surface area contributed by atoms with E-state index in [-0.39, 0.29) is 23.6 Å². The van der Waals surface area contributed by atoms with E-state index in [1.807, 2.05) is 24.3 Å². The maximum atomic E-state index is 11.5. The normalized spacial score (nSPS) is 17.1. The third-order valence-corrected chi connectivity index (χ3v) is 5.32. The van der Waals surface area contributed by atoms with Gasteiger partial charge in [-0.3, -0.25) is 29.0 Å². The topological polar surface area (TPSA) is 74.8 Å². The molecule has 5 rings (SSSR count). The van der Waals surface area contributed by atoms with Gasteiger partial charge in [0.1, 0.15) is 0 Å². The van der Waals surface area contributed by atoms with Crippen LogP contribution in [0.2, 0.25) is 0 Å². The van der Waals surface area contributed by atoms with Crippen LogP contribution in [-0.4, -0.2) is 46.5 Å². The lowest BCUT2D eigenvalue weighted by Gasteiger charge is -2.08. The van der Waals surface area contributed by atoms with Crippen LogP contribution in [0.25, 0.3) is 0 Å². The van der Waals surface area contributed by atoms with Crippen LogP contribution in [-0.2, 0) is 0 Å². The zero-order valence-corrected chi connectivity index (χ0v) is 19.2. The van der Waals surface area contributed by atoms with Gasteiger partial charge in [0.2, 0.25) is 0 Å². The summed E-state index contributed by atoms with van der Waals surface area (Å²) in [4.78, 5) is 48.7. The molecule has 34 heavy (non-hydrogen) atoms. The number of amides is 4. The van der Waals surface area contributed by atoms with Crippen molar-refractivity contribution in [2.45, 2.75) is 20.3 Å². The molecule has 0 spiro atoms. The smallest absolute Gasteiger partial charge is 0.261 e. The van der Waals surface area contributed by atoms with Crippen molar-refractivity contribution in [1.29, 1.82) is 0 Å². The Kier molecular flexibility index (Phi) is 8.27. The van der Waals surface area contributed by atoms with Crippen molar-refractivity contribution < 1.29 is 19.2 Å². The number of benzene rings is 2. The highest BCUT2D eigenvalue weighted by Gasteiger charge is 2.34. The number of carbonyl (C=O) groups excluding carboxylic acids is 4. The fourth-order valence-corrected chi connectivity index (χ4v) is 3.59. The summed E-state index contributed by atoms with van der Waals surface area (Å²) in [5.74, 6) is -0.711. The molecule has 172 valence electrons. The molecule has 0 aromatic heterocycles. The summed E-state index contributed by atoms with van der Waals surface area (Å²) in [7, 11) is 0. The van der Waals surface area contributed by atoms with Crippen molar-refractivity contribution in [3.63, 3.8) is 0 Å². The van der Waals surface area contributed by atoms with E-state index in [0.29, 0.717) is 35.3 Å². The zero-order valence-electron chi connectivity index (χ0n) is 19.2. The Morgan fingerprint density at radius 1 is 0.618 bits per heavy atom. The van der Waals surface area contributed by atoms with Gasteiger partial charge in [0.05, 0.1) is 22.3 Å². The summed E-state index contributed by atoms with van der Waals surface area (Å²) >= 11 is 0. The minimum Gasteiger partial charge on any atom is -0.275 e. The first-order valence-corrected chi connectivity index (χ1v) is 11.1. The van der Waals surface area contributed by atoms with Crippen LogP contribution in [0.3, 0.4) is 0 Å². The lowest BCUT2D eigenvalue weighted by molar-refractivity contribution is 0.0647.